The summed E-state index contributed by atoms with van der Waals surface area (Å²) >= 11 is 1.44. The Bertz CT molecular complexity index is 555. The fraction of sp³-hybridized carbons (Fsp3) is 0.0769. The van der Waals surface area contributed by atoms with E-state index >= 15 is 0 Å². The number of benzene rings is 1. The zero-order chi connectivity index (χ0) is 12.3. The van der Waals surface area contributed by atoms with Crippen LogP contribution in [0.4, 0.5) is 0 Å². The van der Waals surface area contributed by atoms with Crippen LogP contribution in [-0.2, 0) is 0 Å². The SMILES string of the molecule is Cc1cc(Sc2ccccc2C(=O)O)ccn1. The average Bonchev–Trinajstić information content (AvgIpc) is 2.29. The molecular formula is C13H11NO2S. The van der Waals surface area contributed by atoms with Crippen molar-refractivity contribution in [3.05, 3.63) is 53.9 Å². The predicted octanol–water partition coefficient (Wildman–Crippen LogP) is 3.24. The summed E-state index contributed by atoms with van der Waals surface area (Å²) < 4.78 is 0. The minimum atomic E-state index is -0.904. The summed E-state index contributed by atoms with van der Waals surface area (Å²) in [5.41, 5.74) is 1.25. The number of carboxylic acids is 1. The van der Waals surface area contributed by atoms with Crippen LogP contribution in [0.3, 0.4) is 0 Å². The number of carboxylic acid groups (broad SMARTS) is 1. The first kappa shape index (κ1) is 11.7. The third kappa shape index (κ3) is 2.85. The first-order chi connectivity index (χ1) is 8.16. The van der Waals surface area contributed by atoms with Gasteiger partial charge in [0.2, 0.25) is 0 Å². The minimum Gasteiger partial charge on any atom is -0.478 e. The minimum absolute atomic E-state index is 0.326. The smallest absolute Gasteiger partial charge is 0.336 e. The maximum absolute atomic E-state index is 11.1. The standard InChI is InChI=1S/C13H11NO2S/c1-9-8-10(6-7-14-9)17-12-5-3-2-4-11(12)13(15)16/h2-8H,1H3,(H,15,16). The highest BCUT2D eigenvalue weighted by Gasteiger charge is 2.09. The van der Waals surface area contributed by atoms with E-state index in [0.29, 0.717) is 5.56 Å². The lowest BCUT2D eigenvalue weighted by molar-refractivity contribution is 0.0693. The molecule has 86 valence electrons. The van der Waals surface area contributed by atoms with E-state index in [9.17, 15) is 4.79 Å². The fourth-order valence-corrected chi connectivity index (χ4v) is 2.47. The number of hydrogen-bond donors (Lipinski definition) is 1. The molecule has 2 rings (SSSR count). The predicted molar refractivity (Wildman–Crippen MR) is 66.5 cm³/mol. The monoisotopic (exact) mass is 245 g/mol. The number of nitrogens with zero attached hydrogens (tertiary/aromatic N) is 1. The molecule has 0 saturated heterocycles. The highest BCUT2D eigenvalue weighted by Crippen LogP contribution is 2.30. The lowest BCUT2D eigenvalue weighted by Crippen LogP contribution is -1.97. The van der Waals surface area contributed by atoms with Crippen molar-refractivity contribution in [2.45, 2.75) is 16.7 Å². The topological polar surface area (TPSA) is 50.2 Å². The van der Waals surface area contributed by atoms with Crippen LogP contribution in [0, 0.1) is 6.92 Å². The largest absolute Gasteiger partial charge is 0.478 e. The number of aromatic nitrogens is 1. The molecule has 0 fully saturated rings. The molecule has 0 aliphatic rings. The fourth-order valence-electron chi connectivity index (χ4n) is 1.44. The molecule has 0 radical (unpaired) electrons. The highest BCUT2D eigenvalue weighted by molar-refractivity contribution is 7.99. The quantitative estimate of drug-likeness (QED) is 0.901. The van der Waals surface area contributed by atoms with Gasteiger partial charge < -0.3 is 5.11 Å². The zero-order valence-electron chi connectivity index (χ0n) is 9.25. The molecule has 0 spiro atoms. The molecule has 0 aliphatic heterocycles. The van der Waals surface area contributed by atoms with Crippen molar-refractivity contribution in [1.82, 2.24) is 4.98 Å². The normalized spacial score (nSPS) is 10.2. The van der Waals surface area contributed by atoms with Crippen molar-refractivity contribution in [2.24, 2.45) is 0 Å². The Morgan fingerprint density at radius 2 is 2.06 bits per heavy atom. The zero-order valence-corrected chi connectivity index (χ0v) is 10.1. The number of pyridine rings is 1. The van der Waals surface area contributed by atoms with Gasteiger partial charge in [0, 0.05) is 21.7 Å². The maximum Gasteiger partial charge on any atom is 0.336 e. The van der Waals surface area contributed by atoms with Gasteiger partial charge in [0.15, 0.2) is 0 Å². The Morgan fingerprint density at radius 1 is 1.29 bits per heavy atom. The number of carbonyl (C=O) groups is 1. The third-order valence-corrected chi connectivity index (χ3v) is 3.28. The molecule has 1 N–H and O–H groups in total. The van der Waals surface area contributed by atoms with E-state index in [2.05, 4.69) is 4.98 Å². The van der Waals surface area contributed by atoms with E-state index in [1.54, 1.807) is 18.3 Å². The molecule has 4 heteroatoms. The van der Waals surface area contributed by atoms with E-state index in [1.807, 2.05) is 31.2 Å². The first-order valence-corrected chi connectivity index (χ1v) is 5.91. The van der Waals surface area contributed by atoms with Gasteiger partial charge in [-0.3, -0.25) is 4.98 Å². The van der Waals surface area contributed by atoms with E-state index in [1.165, 1.54) is 11.8 Å². The number of aromatic carboxylic acids is 1. The Labute approximate surface area is 104 Å². The van der Waals surface area contributed by atoms with Crippen LogP contribution in [0.2, 0.25) is 0 Å². The molecule has 0 amide bonds. The first-order valence-electron chi connectivity index (χ1n) is 5.09. The molecule has 0 atom stereocenters. The van der Waals surface area contributed by atoms with Crippen molar-refractivity contribution in [1.29, 1.82) is 0 Å². The van der Waals surface area contributed by atoms with Crippen LogP contribution < -0.4 is 0 Å². The molecule has 1 heterocycles. The Balaban J connectivity index is 2.33. The lowest BCUT2D eigenvalue weighted by Gasteiger charge is -2.05. The lowest BCUT2D eigenvalue weighted by atomic mass is 10.2. The van der Waals surface area contributed by atoms with Crippen molar-refractivity contribution in [2.75, 3.05) is 0 Å². The molecule has 0 saturated carbocycles. The van der Waals surface area contributed by atoms with E-state index < -0.39 is 5.97 Å². The number of aryl methyl sites for hydroxylation is 1. The summed E-state index contributed by atoms with van der Waals surface area (Å²) in [5.74, 6) is -0.904. The second kappa shape index (κ2) is 5.01. The van der Waals surface area contributed by atoms with Crippen LogP contribution in [0.25, 0.3) is 0 Å². The van der Waals surface area contributed by atoms with Gasteiger partial charge in [-0.2, -0.15) is 0 Å². The van der Waals surface area contributed by atoms with E-state index in [4.69, 9.17) is 5.11 Å². The van der Waals surface area contributed by atoms with Crippen molar-refractivity contribution < 1.29 is 9.90 Å². The van der Waals surface area contributed by atoms with Gasteiger partial charge in [-0.1, -0.05) is 23.9 Å². The average molecular weight is 245 g/mol. The molecule has 1 aromatic carbocycles. The summed E-state index contributed by atoms with van der Waals surface area (Å²) in [6, 6.07) is 10.8. The molecule has 0 unspecified atom stereocenters. The molecule has 17 heavy (non-hydrogen) atoms. The second-order valence-corrected chi connectivity index (χ2v) is 4.65. The van der Waals surface area contributed by atoms with Crippen molar-refractivity contribution >= 4 is 17.7 Å². The van der Waals surface area contributed by atoms with Crippen LogP contribution >= 0.6 is 11.8 Å². The summed E-state index contributed by atoms with van der Waals surface area (Å²) in [6.45, 7) is 1.91. The van der Waals surface area contributed by atoms with Gasteiger partial charge >= 0.3 is 5.97 Å². The maximum atomic E-state index is 11.1. The molecule has 1 aromatic heterocycles. The second-order valence-electron chi connectivity index (χ2n) is 3.54. The van der Waals surface area contributed by atoms with Crippen LogP contribution in [0.1, 0.15) is 16.1 Å². The van der Waals surface area contributed by atoms with Crippen molar-refractivity contribution in [3.63, 3.8) is 0 Å². The van der Waals surface area contributed by atoms with Gasteiger partial charge in [-0.25, -0.2) is 4.79 Å². The summed E-state index contributed by atoms with van der Waals surface area (Å²) in [7, 11) is 0. The van der Waals surface area contributed by atoms with Gasteiger partial charge in [0.1, 0.15) is 0 Å². The Kier molecular flexibility index (Phi) is 3.44. The Hall–Kier alpha value is -1.81. The molecule has 3 nitrogen and oxygen atoms in total. The van der Waals surface area contributed by atoms with E-state index in [0.717, 1.165) is 15.5 Å². The van der Waals surface area contributed by atoms with Gasteiger partial charge in [0.05, 0.1) is 5.56 Å². The summed E-state index contributed by atoms with van der Waals surface area (Å²) in [6.07, 6.45) is 1.72. The summed E-state index contributed by atoms with van der Waals surface area (Å²) in [4.78, 5) is 16.9. The number of hydrogen-bond acceptors (Lipinski definition) is 3. The molecule has 0 aliphatic carbocycles. The Morgan fingerprint density at radius 3 is 2.76 bits per heavy atom. The van der Waals surface area contributed by atoms with Gasteiger partial charge in [-0.15, -0.1) is 0 Å². The van der Waals surface area contributed by atoms with Gasteiger partial charge in [-0.05, 0) is 31.2 Å². The molecule has 0 bridgehead atoms. The van der Waals surface area contributed by atoms with Crippen LogP contribution in [0.5, 0.6) is 0 Å². The van der Waals surface area contributed by atoms with Crippen LogP contribution in [-0.4, -0.2) is 16.1 Å². The third-order valence-electron chi connectivity index (χ3n) is 2.21. The van der Waals surface area contributed by atoms with Crippen LogP contribution in [0.15, 0.2) is 52.4 Å². The highest BCUT2D eigenvalue weighted by atomic mass is 32.2. The number of rotatable bonds is 3. The molecular weight excluding hydrogens is 234 g/mol. The molecule has 2 aromatic rings. The van der Waals surface area contributed by atoms with Gasteiger partial charge in [0.25, 0.3) is 0 Å². The van der Waals surface area contributed by atoms with Crippen molar-refractivity contribution in [3.8, 4) is 0 Å². The van der Waals surface area contributed by atoms with E-state index in [-0.39, 0.29) is 0 Å². The summed E-state index contributed by atoms with van der Waals surface area (Å²) in [5, 5.41) is 9.07.